The minimum atomic E-state index is -2.08. The van der Waals surface area contributed by atoms with Crippen LogP contribution in [0.4, 0.5) is 4.79 Å². The molecule has 0 radical (unpaired) electrons. The Labute approximate surface area is 153 Å². The molecule has 0 aromatic carbocycles. The smallest absolute Gasteiger partial charge is 0.411 e. The molecule has 146 valence electrons. The lowest BCUT2D eigenvalue weighted by Crippen LogP contribution is -2.59. The third kappa shape index (κ3) is 4.97. The normalized spacial score (nSPS) is 22.0. The first-order chi connectivity index (χ1) is 11.2. The second-order valence-corrected chi connectivity index (χ2v) is 14.1. The molecule has 0 saturated carbocycles. The molecular formula is C18H35NO5Si. The predicted octanol–water partition coefficient (Wildman–Crippen LogP) is 3.95. The first-order valence-electron chi connectivity index (χ1n) is 8.89. The summed E-state index contributed by atoms with van der Waals surface area (Å²) in [7, 11) is -0.727. The van der Waals surface area contributed by atoms with Crippen molar-refractivity contribution in [2.75, 3.05) is 20.3 Å². The second kappa shape index (κ2) is 7.27. The van der Waals surface area contributed by atoms with Gasteiger partial charge in [-0.05, 0) is 51.7 Å². The number of hydrogen-bond donors (Lipinski definition) is 0. The number of hydrogen-bond acceptors (Lipinski definition) is 5. The summed E-state index contributed by atoms with van der Waals surface area (Å²) in [5.74, 6) is -0.436. The van der Waals surface area contributed by atoms with Gasteiger partial charge in [0.2, 0.25) is 0 Å². The maximum atomic E-state index is 12.7. The van der Waals surface area contributed by atoms with E-state index in [1.807, 2.05) is 20.8 Å². The minimum absolute atomic E-state index is 0.0136. The molecule has 0 N–H and O–H groups in total. The van der Waals surface area contributed by atoms with Gasteiger partial charge in [-0.1, -0.05) is 20.8 Å². The quantitative estimate of drug-likeness (QED) is 0.551. The van der Waals surface area contributed by atoms with Crippen molar-refractivity contribution in [3.63, 3.8) is 0 Å². The van der Waals surface area contributed by atoms with Gasteiger partial charge in [-0.25, -0.2) is 9.59 Å². The first-order valence-corrected chi connectivity index (χ1v) is 11.8. The molecule has 6 nitrogen and oxygen atoms in total. The van der Waals surface area contributed by atoms with Crippen LogP contribution in [0.25, 0.3) is 0 Å². The van der Waals surface area contributed by atoms with E-state index in [1.54, 1.807) is 0 Å². The van der Waals surface area contributed by atoms with Crippen LogP contribution in [-0.2, 0) is 18.7 Å². The maximum Gasteiger partial charge on any atom is 0.411 e. The highest BCUT2D eigenvalue weighted by Gasteiger charge is 2.53. The zero-order chi connectivity index (χ0) is 19.7. The third-order valence-electron chi connectivity index (χ3n) is 5.15. The monoisotopic (exact) mass is 373 g/mol. The molecule has 1 atom stereocenters. The Morgan fingerprint density at radius 2 is 1.68 bits per heavy atom. The topological polar surface area (TPSA) is 65.1 Å². The lowest BCUT2D eigenvalue weighted by Gasteiger charge is -2.41. The standard InChI is InChI=1S/C18H35NO5Si/c1-16(2,3)24-15(21)19-12-10-11-18(19,14(20)22-7)13-23-25(8,9)17(4,5)6/h10-13H2,1-9H3/t18-/m0/s1. The van der Waals surface area contributed by atoms with E-state index in [2.05, 4.69) is 33.9 Å². The van der Waals surface area contributed by atoms with Crippen LogP contribution in [-0.4, -0.2) is 56.7 Å². The number of methoxy groups -OCH3 is 1. The average molecular weight is 374 g/mol. The Balaban J connectivity index is 3.10. The third-order valence-corrected chi connectivity index (χ3v) is 9.62. The molecule has 7 heteroatoms. The minimum Gasteiger partial charge on any atom is -0.467 e. The molecule has 0 aromatic rings. The van der Waals surface area contributed by atoms with Crippen LogP contribution in [0.3, 0.4) is 0 Å². The van der Waals surface area contributed by atoms with Gasteiger partial charge in [0, 0.05) is 6.54 Å². The van der Waals surface area contributed by atoms with E-state index in [0.717, 1.165) is 6.42 Å². The summed E-state index contributed by atoms with van der Waals surface area (Å²) in [6.07, 6.45) is 0.747. The van der Waals surface area contributed by atoms with Gasteiger partial charge in [-0.2, -0.15) is 0 Å². The lowest BCUT2D eigenvalue weighted by molar-refractivity contribution is -0.155. The summed E-state index contributed by atoms with van der Waals surface area (Å²) >= 11 is 0. The summed E-state index contributed by atoms with van der Waals surface area (Å²) in [5.41, 5.74) is -1.73. The van der Waals surface area contributed by atoms with Crippen LogP contribution in [0, 0.1) is 0 Å². The fourth-order valence-electron chi connectivity index (χ4n) is 2.59. The van der Waals surface area contributed by atoms with Crippen LogP contribution in [0.1, 0.15) is 54.4 Å². The largest absolute Gasteiger partial charge is 0.467 e. The number of esters is 1. The van der Waals surface area contributed by atoms with Crippen molar-refractivity contribution in [1.29, 1.82) is 0 Å². The van der Waals surface area contributed by atoms with Crippen molar-refractivity contribution >= 4 is 20.4 Å². The number of likely N-dealkylation sites (tertiary alicyclic amines) is 1. The number of nitrogens with zero attached hydrogens (tertiary/aromatic N) is 1. The molecule has 1 rings (SSSR count). The Morgan fingerprint density at radius 3 is 2.12 bits per heavy atom. The lowest BCUT2D eigenvalue weighted by atomic mass is 9.98. The van der Waals surface area contributed by atoms with Gasteiger partial charge in [-0.15, -0.1) is 0 Å². The van der Waals surface area contributed by atoms with Gasteiger partial charge < -0.3 is 13.9 Å². The van der Waals surface area contributed by atoms with Gasteiger partial charge in [0.15, 0.2) is 13.9 Å². The van der Waals surface area contributed by atoms with Gasteiger partial charge in [0.05, 0.1) is 13.7 Å². The number of carbonyl (C=O) groups is 2. The van der Waals surface area contributed by atoms with Crippen LogP contribution in [0.5, 0.6) is 0 Å². The molecule has 1 amide bonds. The molecule has 0 bridgehead atoms. The van der Waals surface area contributed by atoms with Gasteiger partial charge in [0.1, 0.15) is 5.60 Å². The van der Waals surface area contributed by atoms with E-state index in [0.29, 0.717) is 13.0 Å². The maximum absolute atomic E-state index is 12.7. The SMILES string of the molecule is COC(=O)[C@@]1(CO[Si](C)(C)C(C)(C)C)CCCN1C(=O)OC(C)(C)C. The highest BCUT2D eigenvalue weighted by Crippen LogP contribution is 2.39. The van der Waals surface area contributed by atoms with Gasteiger partial charge in [0.25, 0.3) is 0 Å². The van der Waals surface area contributed by atoms with Crippen LogP contribution >= 0.6 is 0 Å². The Bertz CT molecular complexity index is 507. The highest BCUT2D eigenvalue weighted by molar-refractivity contribution is 6.74. The molecule has 1 aliphatic heterocycles. The van der Waals surface area contributed by atoms with Crippen LogP contribution in [0.2, 0.25) is 18.1 Å². The summed E-state index contributed by atoms with van der Waals surface area (Å²) in [5, 5.41) is 0.0136. The van der Waals surface area contributed by atoms with Crippen LogP contribution < -0.4 is 0 Å². The summed E-state index contributed by atoms with van der Waals surface area (Å²) in [6.45, 7) is 16.7. The Kier molecular flexibility index (Phi) is 6.38. The Morgan fingerprint density at radius 1 is 1.12 bits per heavy atom. The van der Waals surface area contributed by atoms with Gasteiger partial charge >= 0.3 is 12.1 Å². The molecular weight excluding hydrogens is 338 g/mol. The zero-order valence-electron chi connectivity index (χ0n) is 17.3. The molecule has 25 heavy (non-hydrogen) atoms. The highest BCUT2D eigenvalue weighted by atomic mass is 28.4. The van der Waals surface area contributed by atoms with E-state index in [9.17, 15) is 9.59 Å². The first kappa shape index (κ1) is 22.0. The zero-order valence-corrected chi connectivity index (χ0v) is 18.3. The van der Waals surface area contributed by atoms with E-state index >= 15 is 0 Å². The van der Waals surface area contributed by atoms with Crippen molar-refractivity contribution < 1.29 is 23.5 Å². The molecule has 0 unspecified atom stereocenters. The molecule has 1 aliphatic rings. The molecule has 0 spiro atoms. The van der Waals surface area contributed by atoms with Gasteiger partial charge in [-0.3, -0.25) is 4.90 Å². The van der Waals surface area contributed by atoms with Crippen molar-refractivity contribution in [3.05, 3.63) is 0 Å². The van der Waals surface area contributed by atoms with Crippen molar-refractivity contribution in [1.82, 2.24) is 4.90 Å². The summed E-state index contributed by atoms with van der Waals surface area (Å²) < 4.78 is 16.9. The van der Waals surface area contributed by atoms with E-state index < -0.39 is 31.5 Å². The number of carbonyl (C=O) groups excluding carboxylic acids is 2. The molecule has 1 heterocycles. The Hall–Kier alpha value is -1.08. The fourth-order valence-corrected chi connectivity index (χ4v) is 3.62. The molecule has 1 fully saturated rings. The fraction of sp³-hybridized carbons (Fsp3) is 0.889. The molecule has 0 aromatic heterocycles. The predicted molar refractivity (Wildman–Crippen MR) is 100 cm³/mol. The second-order valence-electron chi connectivity index (χ2n) is 9.31. The van der Waals surface area contributed by atoms with Crippen molar-refractivity contribution in [2.24, 2.45) is 0 Å². The molecule has 0 aliphatic carbocycles. The van der Waals surface area contributed by atoms with Crippen molar-refractivity contribution in [2.45, 2.75) is 83.7 Å². The van der Waals surface area contributed by atoms with Crippen LogP contribution in [0.15, 0.2) is 0 Å². The van der Waals surface area contributed by atoms with Crippen molar-refractivity contribution in [3.8, 4) is 0 Å². The van der Waals surface area contributed by atoms with E-state index in [-0.39, 0.29) is 11.6 Å². The number of ether oxygens (including phenoxy) is 2. The van der Waals surface area contributed by atoms with E-state index in [4.69, 9.17) is 13.9 Å². The van der Waals surface area contributed by atoms with E-state index in [1.165, 1.54) is 12.0 Å². The average Bonchev–Trinajstić information content (AvgIpc) is 2.86. The summed E-state index contributed by atoms with van der Waals surface area (Å²) in [4.78, 5) is 26.8. The summed E-state index contributed by atoms with van der Waals surface area (Å²) in [6, 6.07) is 0. The number of rotatable bonds is 4. The molecule has 1 saturated heterocycles. The number of amides is 1.